The molecule has 0 aromatic carbocycles. The molecule has 1 unspecified atom stereocenters. The van der Waals surface area contributed by atoms with Gasteiger partial charge in [-0.25, -0.2) is 31.4 Å². The number of nitrogens with zero attached hydrogens (tertiary/aromatic N) is 2. The van der Waals surface area contributed by atoms with Crippen LogP contribution in [0.2, 0.25) is 0 Å². The number of hydrogen-bond acceptors (Lipinski definition) is 7. The molecule has 12 heteroatoms. The standard InChI is InChI=1S/C22H31F3N2O6S/c1-14-18(7-8-20(26-14)34(2,29)30)32-16-5-3-15(4-6-16)31-17-9-11-27(12-10-17)22(28)33-19(13-23)21(24)25/h7-8,15-17,19,21H,3-6,9-13H2,1-2H3. The van der Waals surface area contributed by atoms with Crippen molar-refractivity contribution in [1.82, 2.24) is 9.88 Å². The predicted octanol–water partition coefficient (Wildman–Crippen LogP) is 3.70. The molecule has 1 amide bonds. The Labute approximate surface area is 197 Å². The minimum Gasteiger partial charge on any atom is -0.489 e. The number of halogens is 3. The molecule has 0 N–H and O–H groups in total. The molecule has 2 fully saturated rings. The minimum absolute atomic E-state index is 0.0145. The maximum atomic E-state index is 12.6. The average molecular weight is 509 g/mol. The van der Waals surface area contributed by atoms with Crippen LogP contribution in [0.15, 0.2) is 17.2 Å². The molecule has 0 bridgehead atoms. The Hall–Kier alpha value is -2.08. The van der Waals surface area contributed by atoms with Crippen LogP contribution in [0.1, 0.15) is 44.2 Å². The molecule has 1 atom stereocenters. The van der Waals surface area contributed by atoms with Crippen molar-refractivity contribution >= 4 is 15.9 Å². The third-order valence-electron chi connectivity index (χ3n) is 6.08. The van der Waals surface area contributed by atoms with Crippen molar-refractivity contribution in [3.8, 4) is 5.75 Å². The Morgan fingerprint density at radius 3 is 2.21 bits per heavy atom. The Balaban J connectivity index is 1.39. The number of alkyl halides is 3. The maximum Gasteiger partial charge on any atom is 0.410 e. The number of ether oxygens (including phenoxy) is 3. The number of rotatable bonds is 8. The van der Waals surface area contributed by atoms with Crippen LogP contribution in [0.25, 0.3) is 0 Å². The number of amides is 1. The second kappa shape index (κ2) is 11.6. The molecule has 1 saturated heterocycles. The van der Waals surface area contributed by atoms with Crippen LogP contribution in [0.5, 0.6) is 5.75 Å². The van der Waals surface area contributed by atoms with Gasteiger partial charge in [0.25, 0.3) is 6.43 Å². The Morgan fingerprint density at radius 1 is 1.09 bits per heavy atom. The van der Waals surface area contributed by atoms with E-state index in [-0.39, 0.29) is 23.3 Å². The summed E-state index contributed by atoms with van der Waals surface area (Å²) in [7, 11) is -3.37. The highest BCUT2D eigenvalue weighted by Crippen LogP contribution is 2.29. The summed E-state index contributed by atoms with van der Waals surface area (Å²) in [6.07, 6.45) is -0.635. The van der Waals surface area contributed by atoms with E-state index in [0.717, 1.165) is 31.9 Å². The molecule has 8 nitrogen and oxygen atoms in total. The number of hydrogen-bond donors (Lipinski definition) is 0. The second-order valence-corrected chi connectivity index (χ2v) is 10.7. The molecule has 1 aromatic heterocycles. The minimum atomic E-state index is -3.37. The van der Waals surface area contributed by atoms with Gasteiger partial charge in [-0.2, -0.15) is 0 Å². The van der Waals surface area contributed by atoms with Crippen molar-refractivity contribution in [2.75, 3.05) is 26.0 Å². The summed E-state index contributed by atoms with van der Waals surface area (Å²) in [4.78, 5) is 17.4. The van der Waals surface area contributed by atoms with Crippen LogP contribution in [-0.4, -0.2) is 81.3 Å². The fraction of sp³-hybridized carbons (Fsp3) is 0.727. The second-order valence-electron chi connectivity index (χ2n) is 8.76. The fourth-order valence-electron chi connectivity index (χ4n) is 4.12. The third kappa shape index (κ3) is 7.21. The van der Waals surface area contributed by atoms with Gasteiger partial charge in [-0.15, -0.1) is 0 Å². The van der Waals surface area contributed by atoms with Gasteiger partial charge in [0.15, 0.2) is 21.0 Å². The maximum absolute atomic E-state index is 12.6. The number of piperidine rings is 1. The first-order chi connectivity index (χ1) is 16.1. The van der Waals surface area contributed by atoms with E-state index in [1.807, 2.05) is 0 Å². The first-order valence-electron chi connectivity index (χ1n) is 11.4. The molecule has 3 rings (SSSR count). The van der Waals surface area contributed by atoms with Gasteiger partial charge >= 0.3 is 6.09 Å². The number of pyridine rings is 1. The lowest BCUT2D eigenvalue weighted by Gasteiger charge is -2.36. The quantitative estimate of drug-likeness (QED) is 0.528. The monoisotopic (exact) mass is 508 g/mol. The van der Waals surface area contributed by atoms with Crippen LogP contribution < -0.4 is 4.74 Å². The molecule has 0 radical (unpaired) electrons. The Morgan fingerprint density at radius 2 is 1.68 bits per heavy atom. The van der Waals surface area contributed by atoms with Gasteiger partial charge in [-0.1, -0.05) is 0 Å². The van der Waals surface area contributed by atoms with E-state index in [0.29, 0.717) is 37.4 Å². The first-order valence-corrected chi connectivity index (χ1v) is 13.3. The molecule has 192 valence electrons. The molecule has 1 aliphatic carbocycles. The van der Waals surface area contributed by atoms with E-state index in [1.165, 1.54) is 11.0 Å². The van der Waals surface area contributed by atoms with E-state index in [4.69, 9.17) is 9.47 Å². The highest BCUT2D eigenvalue weighted by Gasteiger charge is 2.32. The van der Waals surface area contributed by atoms with Crippen molar-refractivity contribution in [2.24, 2.45) is 0 Å². The van der Waals surface area contributed by atoms with E-state index in [1.54, 1.807) is 13.0 Å². The van der Waals surface area contributed by atoms with Gasteiger partial charge in [0.05, 0.1) is 24.0 Å². The number of sulfone groups is 1. The fourth-order valence-corrected chi connectivity index (χ4v) is 4.74. The van der Waals surface area contributed by atoms with Crippen molar-refractivity contribution in [2.45, 2.75) is 81.3 Å². The van der Waals surface area contributed by atoms with Gasteiger partial charge in [0, 0.05) is 19.3 Å². The average Bonchev–Trinajstić information content (AvgIpc) is 2.79. The number of aromatic nitrogens is 1. The molecule has 0 spiro atoms. The predicted molar refractivity (Wildman–Crippen MR) is 117 cm³/mol. The largest absolute Gasteiger partial charge is 0.489 e. The summed E-state index contributed by atoms with van der Waals surface area (Å²) < 4.78 is 77.8. The van der Waals surface area contributed by atoms with Crippen LogP contribution in [0.4, 0.5) is 18.0 Å². The van der Waals surface area contributed by atoms with E-state index in [9.17, 15) is 26.4 Å². The molecule has 34 heavy (non-hydrogen) atoms. The third-order valence-corrected chi connectivity index (χ3v) is 7.06. The number of aryl methyl sites for hydroxylation is 1. The summed E-state index contributed by atoms with van der Waals surface area (Å²) in [5.74, 6) is 0.567. The zero-order valence-corrected chi connectivity index (χ0v) is 20.1. The smallest absolute Gasteiger partial charge is 0.410 e. The zero-order chi connectivity index (χ0) is 24.9. The molecular formula is C22H31F3N2O6S. The highest BCUT2D eigenvalue weighted by atomic mass is 32.2. The molecular weight excluding hydrogens is 477 g/mol. The molecule has 2 heterocycles. The molecule has 2 aliphatic rings. The lowest BCUT2D eigenvalue weighted by molar-refractivity contribution is -0.0723. The Kier molecular flexibility index (Phi) is 9.02. The zero-order valence-electron chi connectivity index (χ0n) is 19.3. The Bertz CT molecular complexity index is 933. The van der Waals surface area contributed by atoms with Crippen molar-refractivity contribution < 1.29 is 40.6 Å². The number of carbonyl (C=O) groups is 1. The lowest BCUT2D eigenvalue weighted by Crippen LogP contribution is -2.44. The van der Waals surface area contributed by atoms with Crippen molar-refractivity contribution in [1.29, 1.82) is 0 Å². The molecule has 1 aliphatic heterocycles. The summed E-state index contributed by atoms with van der Waals surface area (Å²) in [6, 6.07) is 3.08. The first kappa shape index (κ1) is 26.5. The van der Waals surface area contributed by atoms with Gasteiger partial charge in [0.1, 0.15) is 12.4 Å². The van der Waals surface area contributed by atoms with Crippen LogP contribution in [-0.2, 0) is 19.3 Å². The highest BCUT2D eigenvalue weighted by molar-refractivity contribution is 7.90. The topological polar surface area (TPSA) is 95.0 Å². The summed E-state index contributed by atoms with van der Waals surface area (Å²) in [5.41, 5.74) is 0.526. The van der Waals surface area contributed by atoms with Crippen LogP contribution in [0, 0.1) is 6.92 Å². The normalized spacial score (nSPS) is 23.1. The van der Waals surface area contributed by atoms with Crippen LogP contribution in [0.3, 0.4) is 0 Å². The van der Waals surface area contributed by atoms with Gasteiger partial charge in [-0.05, 0) is 57.6 Å². The van der Waals surface area contributed by atoms with Crippen molar-refractivity contribution in [3.05, 3.63) is 17.8 Å². The van der Waals surface area contributed by atoms with Crippen LogP contribution >= 0.6 is 0 Å². The summed E-state index contributed by atoms with van der Waals surface area (Å²) in [6.45, 7) is 0.906. The van der Waals surface area contributed by atoms with E-state index >= 15 is 0 Å². The van der Waals surface area contributed by atoms with E-state index < -0.39 is 35.1 Å². The summed E-state index contributed by atoms with van der Waals surface area (Å²) >= 11 is 0. The SMILES string of the molecule is Cc1nc(S(C)(=O)=O)ccc1OC1CCC(OC2CCN(C(=O)OC(CF)C(F)F)CC2)CC1. The van der Waals surface area contributed by atoms with Gasteiger partial charge in [0.2, 0.25) is 0 Å². The molecule has 1 saturated carbocycles. The number of carbonyl (C=O) groups excluding carboxylic acids is 1. The van der Waals surface area contributed by atoms with Gasteiger partial charge < -0.3 is 19.1 Å². The molecule has 1 aromatic rings. The van der Waals surface area contributed by atoms with Gasteiger partial charge in [-0.3, -0.25) is 0 Å². The lowest BCUT2D eigenvalue weighted by atomic mass is 9.94. The van der Waals surface area contributed by atoms with Crippen molar-refractivity contribution in [3.63, 3.8) is 0 Å². The van der Waals surface area contributed by atoms with E-state index in [2.05, 4.69) is 9.72 Å². The summed E-state index contributed by atoms with van der Waals surface area (Å²) in [5, 5.41) is 0.0185. The number of likely N-dealkylation sites (tertiary alicyclic amines) is 1.